The van der Waals surface area contributed by atoms with Gasteiger partial charge in [0.2, 0.25) is 10.0 Å². The molecule has 0 saturated heterocycles. The maximum atomic E-state index is 12.5. The first-order valence-electron chi connectivity index (χ1n) is 9.55. The smallest absolute Gasteiger partial charge is 0.331 e. The van der Waals surface area contributed by atoms with Gasteiger partial charge in [0.15, 0.2) is 17.6 Å². The number of hydrogen-bond donors (Lipinski definition) is 2. The Bertz CT molecular complexity index is 1140. The molecule has 0 heterocycles. The van der Waals surface area contributed by atoms with Gasteiger partial charge >= 0.3 is 5.97 Å². The van der Waals surface area contributed by atoms with Crippen LogP contribution < -0.4 is 10.1 Å². The van der Waals surface area contributed by atoms with E-state index in [1.54, 1.807) is 19.1 Å². The number of nitrogens with one attached hydrogen (secondary N) is 1. The van der Waals surface area contributed by atoms with Gasteiger partial charge in [0.25, 0.3) is 5.91 Å². The Labute approximate surface area is 187 Å². The monoisotopic (exact) mass is 462 g/mol. The summed E-state index contributed by atoms with van der Waals surface area (Å²) in [6.45, 7) is 3.12. The van der Waals surface area contributed by atoms with Crippen molar-refractivity contribution in [2.75, 3.05) is 26.5 Å². The molecule has 0 fully saturated rings. The third-order valence-corrected chi connectivity index (χ3v) is 6.33. The lowest BCUT2D eigenvalue weighted by molar-refractivity contribution is -0.148. The number of carbonyl (C=O) groups is 2. The Hall–Kier alpha value is -3.37. The van der Waals surface area contributed by atoms with Gasteiger partial charge in [-0.3, -0.25) is 4.79 Å². The fraction of sp³-hybridized carbons (Fsp3) is 0.273. The van der Waals surface area contributed by atoms with Crippen molar-refractivity contribution in [1.82, 2.24) is 4.31 Å². The molecule has 0 aliphatic rings. The van der Waals surface area contributed by atoms with Crippen LogP contribution in [0.1, 0.15) is 18.1 Å². The normalized spacial score (nSPS) is 12.6. The molecule has 32 heavy (non-hydrogen) atoms. The minimum Gasteiger partial charge on any atom is -0.504 e. The van der Waals surface area contributed by atoms with Crippen molar-refractivity contribution in [1.29, 1.82) is 0 Å². The second-order valence-corrected chi connectivity index (χ2v) is 9.25. The molecule has 2 aromatic carbocycles. The second kappa shape index (κ2) is 10.3. The average Bonchev–Trinajstić information content (AvgIpc) is 2.74. The van der Waals surface area contributed by atoms with E-state index >= 15 is 0 Å². The molecular formula is C22H26N2O7S. The summed E-state index contributed by atoms with van der Waals surface area (Å²) in [6, 6.07) is 8.93. The fourth-order valence-electron chi connectivity index (χ4n) is 2.57. The van der Waals surface area contributed by atoms with Crippen molar-refractivity contribution in [2.24, 2.45) is 0 Å². The van der Waals surface area contributed by atoms with E-state index in [4.69, 9.17) is 9.47 Å². The zero-order valence-electron chi connectivity index (χ0n) is 18.4. The number of nitrogens with zero attached hydrogens (tertiary/aromatic N) is 1. The lowest BCUT2D eigenvalue weighted by Crippen LogP contribution is -2.30. The highest BCUT2D eigenvalue weighted by molar-refractivity contribution is 7.89. The van der Waals surface area contributed by atoms with Crippen molar-refractivity contribution in [2.45, 2.75) is 24.8 Å². The fourth-order valence-corrected chi connectivity index (χ4v) is 3.50. The van der Waals surface area contributed by atoms with Crippen LogP contribution >= 0.6 is 0 Å². The van der Waals surface area contributed by atoms with E-state index in [9.17, 15) is 23.1 Å². The number of anilines is 1. The summed E-state index contributed by atoms with van der Waals surface area (Å²) in [5.74, 6) is -1.14. The summed E-state index contributed by atoms with van der Waals surface area (Å²) >= 11 is 0. The van der Waals surface area contributed by atoms with Crippen LogP contribution in [-0.2, 0) is 24.3 Å². The number of ether oxygens (including phenoxy) is 2. The Kier molecular flexibility index (Phi) is 8.01. The van der Waals surface area contributed by atoms with Crippen molar-refractivity contribution >= 4 is 33.7 Å². The first kappa shape index (κ1) is 24.9. The van der Waals surface area contributed by atoms with Crippen LogP contribution in [0.3, 0.4) is 0 Å². The van der Waals surface area contributed by atoms with Crippen molar-refractivity contribution in [3.8, 4) is 11.5 Å². The summed E-state index contributed by atoms with van der Waals surface area (Å²) in [4.78, 5) is 24.6. The molecule has 0 aliphatic carbocycles. The molecule has 10 heteroatoms. The van der Waals surface area contributed by atoms with E-state index in [-0.39, 0.29) is 16.4 Å². The van der Waals surface area contributed by atoms with Gasteiger partial charge in [-0.25, -0.2) is 17.5 Å². The van der Waals surface area contributed by atoms with Gasteiger partial charge in [0.1, 0.15) is 0 Å². The van der Waals surface area contributed by atoms with Gasteiger partial charge in [-0.05, 0) is 55.3 Å². The third kappa shape index (κ3) is 6.08. The summed E-state index contributed by atoms with van der Waals surface area (Å²) in [5.41, 5.74) is 1.53. The number of phenolic OH excluding ortho intramolecular Hbond substituents is 1. The SMILES string of the molecule is COc1cc(/C=C/C(=O)OC(C)C(=O)Nc2cc(S(=O)(=O)N(C)C)ccc2C)ccc1O. The maximum Gasteiger partial charge on any atom is 0.331 e. The quantitative estimate of drug-likeness (QED) is 0.457. The Morgan fingerprint density at radius 1 is 1.16 bits per heavy atom. The molecule has 2 rings (SSSR count). The molecule has 1 atom stereocenters. The number of rotatable bonds is 8. The molecule has 1 unspecified atom stereocenters. The van der Waals surface area contributed by atoms with Gasteiger partial charge in [0, 0.05) is 25.9 Å². The number of aryl methyl sites for hydroxylation is 1. The van der Waals surface area contributed by atoms with Crippen LogP contribution in [0.4, 0.5) is 5.69 Å². The van der Waals surface area contributed by atoms with E-state index in [1.165, 1.54) is 58.5 Å². The molecule has 2 N–H and O–H groups in total. The molecule has 0 aromatic heterocycles. The number of esters is 1. The summed E-state index contributed by atoms with van der Waals surface area (Å²) in [5, 5.41) is 12.2. The van der Waals surface area contributed by atoms with E-state index in [0.29, 0.717) is 16.8 Å². The van der Waals surface area contributed by atoms with E-state index in [0.717, 1.165) is 10.4 Å². The van der Waals surface area contributed by atoms with Crippen LogP contribution in [0, 0.1) is 6.92 Å². The molecule has 0 aliphatic heterocycles. The Morgan fingerprint density at radius 3 is 2.47 bits per heavy atom. The lowest BCUT2D eigenvalue weighted by Gasteiger charge is -2.16. The number of methoxy groups -OCH3 is 1. The number of carbonyl (C=O) groups excluding carboxylic acids is 2. The second-order valence-electron chi connectivity index (χ2n) is 7.10. The van der Waals surface area contributed by atoms with Gasteiger partial charge in [0.05, 0.1) is 12.0 Å². The van der Waals surface area contributed by atoms with E-state index in [1.807, 2.05) is 0 Å². The van der Waals surface area contributed by atoms with Crippen LogP contribution in [0.25, 0.3) is 6.08 Å². The topological polar surface area (TPSA) is 122 Å². The molecule has 172 valence electrons. The largest absolute Gasteiger partial charge is 0.504 e. The van der Waals surface area contributed by atoms with Crippen molar-refractivity contribution in [3.63, 3.8) is 0 Å². The highest BCUT2D eigenvalue weighted by Gasteiger charge is 2.21. The first-order chi connectivity index (χ1) is 14.9. The molecule has 9 nitrogen and oxygen atoms in total. The Balaban J connectivity index is 2.06. The van der Waals surface area contributed by atoms with Crippen LogP contribution in [0.15, 0.2) is 47.4 Å². The molecule has 0 spiro atoms. The van der Waals surface area contributed by atoms with E-state index < -0.39 is 28.0 Å². The lowest BCUT2D eigenvalue weighted by atomic mass is 10.2. The van der Waals surface area contributed by atoms with Crippen LogP contribution in [0.5, 0.6) is 11.5 Å². The number of amides is 1. The highest BCUT2D eigenvalue weighted by atomic mass is 32.2. The van der Waals surface area contributed by atoms with Gasteiger partial charge in [-0.15, -0.1) is 0 Å². The number of sulfonamides is 1. The predicted molar refractivity (Wildman–Crippen MR) is 120 cm³/mol. The van der Waals surface area contributed by atoms with Gasteiger partial charge in [-0.2, -0.15) is 0 Å². The predicted octanol–water partition coefficient (Wildman–Crippen LogP) is 2.54. The van der Waals surface area contributed by atoms with Crippen LogP contribution in [0.2, 0.25) is 0 Å². The van der Waals surface area contributed by atoms with Crippen LogP contribution in [-0.4, -0.2) is 57.0 Å². The van der Waals surface area contributed by atoms with Gasteiger partial charge < -0.3 is 19.9 Å². The molecule has 0 saturated carbocycles. The highest BCUT2D eigenvalue weighted by Crippen LogP contribution is 2.27. The van der Waals surface area contributed by atoms with Crippen molar-refractivity contribution in [3.05, 3.63) is 53.6 Å². The molecule has 1 amide bonds. The molecule has 0 radical (unpaired) electrons. The zero-order chi connectivity index (χ0) is 24.1. The summed E-state index contributed by atoms with van der Waals surface area (Å²) in [7, 11) is 0.564. The molecule has 2 aromatic rings. The molecular weight excluding hydrogens is 436 g/mol. The third-order valence-electron chi connectivity index (χ3n) is 4.52. The number of aromatic hydroxyl groups is 1. The number of benzene rings is 2. The Morgan fingerprint density at radius 2 is 1.84 bits per heavy atom. The number of phenols is 1. The van der Waals surface area contributed by atoms with Crippen molar-refractivity contribution < 1.29 is 32.6 Å². The summed E-state index contributed by atoms with van der Waals surface area (Å²) in [6.07, 6.45) is 1.47. The minimum atomic E-state index is -3.67. The van der Waals surface area contributed by atoms with Gasteiger partial charge in [-0.1, -0.05) is 12.1 Å². The average molecular weight is 463 g/mol. The van der Waals surface area contributed by atoms with E-state index in [2.05, 4.69) is 5.32 Å². The number of hydrogen-bond acceptors (Lipinski definition) is 7. The zero-order valence-corrected chi connectivity index (χ0v) is 19.3. The first-order valence-corrected chi connectivity index (χ1v) is 11.0. The minimum absolute atomic E-state index is 0.0281. The standard InChI is InChI=1S/C22H26N2O7S/c1-14-6-9-17(32(28,29)24(3)4)13-18(14)23-22(27)15(2)31-21(26)11-8-16-7-10-19(25)20(12-16)30-5/h6-13,15,25H,1-5H3,(H,23,27)/b11-8+. The summed E-state index contributed by atoms with van der Waals surface area (Å²) < 4.78 is 35.8. The molecule has 0 bridgehead atoms. The maximum absolute atomic E-state index is 12.5.